The number of anilines is 2. The predicted molar refractivity (Wildman–Crippen MR) is 239 cm³/mol. The summed E-state index contributed by atoms with van der Waals surface area (Å²) in [5.74, 6) is 0.886. The SMILES string of the molecule is [2H]c1c([2H])c([2H])c(-c2cc(C(C)(C)C)cc(-c3c([2H])c([2H])c([2H])c([2H])c3[2H])c2-n2[c](=[Pt])n(-c3[c-]c(Oc4[c-]c5c(cc4)-c4ccnn4B(C([2H])([2H])[2H])N5c4cc(C)ccn4)ccc3)c3ccccc32)c([2H])c1[2H]. The maximum atomic E-state index is 9.26. The first-order valence-corrected chi connectivity index (χ1v) is 20.2. The van der Waals surface area contributed by atoms with Crippen LogP contribution in [-0.4, -0.2) is 30.8 Å². The van der Waals surface area contributed by atoms with E-state index < -0.39 is 79.6 Å². The number of ether oxygens (including phenoxy) is 1. The molecule has 0 fully saturated rings. The molecule has 3 aromatic heterocycles. The Balaban J connectivity index is 1.20. The van der Waals surface area contributed by atoms with Gasteiger partial charge in [0.25, 0.3) is 0 Å². The van der Waals surface area contributed by atoms with E-state index >= 15 is 0 Å². The quantitative estimate of drug-likeness (QED) is 0.118. The zero-order valence-electron chi connectivity index (χ0n) is 45.7. The molecule has 9 aromatic rings. The Morgan fingerprint density at radius 3 is 2.08 bits per heavy atom. The van der Waals surface area contributed by atoms with Crippen LogP contribution in [0, 0.1) is 22.9 Å². The summed E-state index contributed by atoms with van der Waals surface area (Å²) in [5, 5.41) is 4.42. The minimum atomic E-state index is -2.55. The van der Waals surface area contributed by atoms with E-state index in [1.54, 1.807) is 64.2 Å². The Labute approximate surface area is 380 Å². The van der Waals surface area contributed by atoms with Crippen molar-refractivity contribution in [1.29, 1.82) is 0 Å². The fourth-order valence-electron chi connectivity index (χ4n) is 7.52. The summed E-state index contributed by atoms with van der Waals surface area (Å²) in [5.41, 5.74) is 4.36. The molecular weight excluding hydrogens is 918 g/mol. The molecule has 1 aliphatic heterocycles. The second-order valence-electron chi connectivity index (χ2n) is 15.3. The molecule has 0 saturated heterocycles. The van der Waals surface area contributed by atoms with Crippen LogP contribution >= 0.6 is 0 Å². The third kappa shape index (κ3) is 6.56. The van der Waals surface area contributed by atoms with Crippen molar-refractivity contribution >= 4 is 29.5 Å². The molecule has 60 heavy (non-hydrogen) atoms. The summed E-state index contributed by atoms with van der Waals surface area (Å²) < 4.78 is 127. The zero-order chi connectivity index (χ0) is 52.3. The van der Waals surface area contributed by atoms with Gasteiger partial charge < -0.3 is 0 Å². The van der Waals surface area contributed by atoms with E-state index in [1.807, 2.05) is 74.7 Å². The molecule has 0 atom stereocenters. The summed E-state index contributed by atoms with van der Waals surface area (Å²) in [6.45, 7) is 3.86. The van der Waals surface area contributed by atoms with Crippen molar-refractivity contribution in [3.63, 3.8) is 0 Å². The van der Waals surface area contributed by atoms with Gasteiger partial charge in [0, 0.05) is 16.5 Å². The van der Waals surface area contributed by atoms with Crippen molar-refractivity contribution in [3.05, 3.63) is 185 Å². The number of hydrogen-bond donors (Lipinski definition) is 0. The molecular formula is C51H41BN6OPt-2. The Kier molecular flexibility index (Phi) is 6.45. The van der Waals surface area contributed by atoms with Crippen molar-refractivity contribution < 1.29 is 41.9 Å². The molecule has 0 spiro atoms. The summed E-state index contributed by atoms with van der Waals surface area (Å²) >= 11 is 2.12. The van der Waals surface area contributed by atoms with Crippen molar-refractivity contribution in [3.8, 4) is 56.4 Å². The molecule has 0 bridgehead atoms. The summed E-state index contributed by atoms with van der Waals surface area (Å²) in [6, 6.07) is 26.4. The van der Waals surface area contributed by atoms with Crippen LogP contribution in [0.25, 0.3) is 55.9 Å². The zero-order valence-corrected chi connectivity index (χ0v) is 35.0. The van der Waals surface area contributed by atoms with Gasteiger partial charge in [0.2, 0.25) is 0 Å². The Hall–Kier alpha value is -6.50. The number of rotatable bonds is 7. The van der Waals surface area contributed by atoms with E-state index in [-0.39, 0.29) is 39.4 Å². The van der Waals surface area contributed by atoms with E-state index in [2.05, 4.69) is 41.6 Å². The van der Waals surface area contributed by atoms with Gasteiger partial charge in [0.05, 0.1) is 0 Å². The Morgan fingerprint density at radius 1 is 0.733 bits per heavy atom. The van der Waals surface area contributed by atoms with Gasteiger partial charge in [-0.1, -0.05) is 0 Å². The van der Waals surface area contributed by atoms with Crippen molar-refractivity contribution in [2.24, 2.45) is 0 Å². The van der Waals surface area contributed by atoms with Crippen LogP contribution in [0.5, 0.6) is 11.5 Å². The maximum absolute atomic E-state index is 9.26. The van der Waals surface area contributed by atoms with Crippen molar-refractivity contribution in [1.82, 2.24) is 23.8 Å². The third-order valence-electron chi connectivity index (χ3n) is 10.4. The Bertz CT molecular complexity index is 3700. The number of fused-ring (bicyclic) bond motifs is 4. The molecule has 1 aliphatic rings. The first kappa shape index (κ1) is 25.9. The molecule has 4 heterocycles. The van der Waals surface area contributed by atoms with Crippen LogP contribution in [0.1, 0.15) is 49.7 Å². The molecule has 0 unspecified atom stereocenters. The number of pyridine rings is 1. The predicted octanol–water partition coefficient (Wildman–Crippen LogP) is 12.2. The van der Waals surface area contributed by atoms with Crippen LogP contribution < -0.4 is 9.55 Å². The third-order valence-corrected chi connectivity index (χ3v) is 11.4. The van der Waals surface area contributed by atoms with E-state index in [4.69, 9.17) is 17.1 Å². The van der Waals surface area contributed by atoms with E-state index in [0.29, 0.717) is 48.9 Å². The van der Waals surface area contributed by atoms with Gasteiger partial charge >= 0.3 is 341 Å². The van der Waals surface area contributed by atoms with Gasteiger partial charge in [-0.3, -0.25) is 0 Å². The van der Waals surface area contributed by atoms with Gasteiger partial charge in [-0.25, -0.2) is 0 Å². The molecule has 0 radical (unpaired) electrons. The summed E-state index contributed by atoms with van der Waals surface area (Å²) in [7, 11) is 0. The molecule has 6 aromatic carbocycles. The number of aryl methyl sites for hydroxylation is 1. The average molecular weight is 973 g/mol. The minimum absolute atomic E-state index is 0.143. The molecule has 0 aliphatic carbocycles. The van der Waals surface area contributed by atoms with Gasteiger partial charge in [0.15, 0.2) is 0 Å². The number of imidazole rings is 1. The second-order valence-corrected chi connectivity index (χ2v) is 16.3. The first-order chi connectivity index (χ1) is 34.5. The van der Waals surface area contributed by atoms with Crippen LogP contribution in [0.4, 0.5) is 11.5 Å². The Morgan fingerprint density at radius 2 is 1.42 bits per heavy atom. The summed E-state index contributed by atoms with van der Waals surface area (Å²) in [4.78, 5) is 6.17. The van der Waals surface area contributed by atoms with Gasteiger partial charge in [-0.05, 0) is 18.6 Å². The monoisotopic (exact) mass is 972 g/mol. The molecule has 10 rings (SSSR count). The molecule has 0 amide bonds. The van der Waals surface area contributed by atoms with Crippen LogP contribution in [0.2, 0.25) is 6.75 Å². The van der Waals surface area contributed by atoms with Crippen LogP contribution in [-0.2, 0) is 24.8 Å². The normalized spacial score (nSPS) is 15.7. The topological polar surface area (TPSA) is 53.0 Å². The first-order valence-electron chi connectivity index (χ1n) is 25.5. The van der Waals surface area contributed by atoms with E-state index in [1.165, 1.54) is 4.59 Å². The van der Waals surface area contributed by atoms with Crippen molar-refractivity contribution in [2.75, 3.05) is 4.81 Å². The molecule has 0 saturated carbocycles. The average Bonchev–Trinajstić information content (AvgIpc) is 3.95. The van der Waals surface area contributed by atoms with Crippen LogP contribution in [0.3, 0.4) is 0 Å². The van der Waals surface area contributed by atoms with E-state index in [9.17, 15) is 5.48 Å². The molecule has 0 N–H and O–H groups in total. The van der Waals surface area contributed by atoms with Gasteiger partial charge in [-0.15, -0.1) is 0 Å². The standard InChI is InChI=1S/C51H41BN6O.Pt/c1-35-25-27-53-49(29-35)57-48-33-41(23-24-42(48)45-26-28-54-58(45)52(57)5)59-40-20-14-19-39(32-40)55-34-56(47-22-13-12-21-46(47)55)50-43(36-15-8-6-9-16-36)30-38(51(2,3)4)31-44(50)37-17-10-7-11-18-37;/h6-31H,1-5H3;/q-2;/i5D3,6D,7D,8D,9D,10D,11D,15D,16D,17D,18D;. The fraction of sp³-hybridized carbons (Fsp3) is 0.118. The fourth-order valence-corrected chi connectivity index (χ4v) is 8.60. The van der Waals surface area contributed by atoms with E-state index in [0.717, 1.165) is 5.56 Å². The number of aromatic nitrogens is 5. The summed E-state index contributed by atoms with van der Waals surface area (Å²) in [6.07, 6.45) is 3.17. The number of nitrogens with zero attached hydrogens (tertiary/aromatic N) is 6. The van der Waals surface area contributed by atoms with Gasteiger partial charge in [-0.2, -0.15) is 5.10 Å². The number of hydrogen-bond acceptors (Lipinski definition) is 4. The molecule has 9 heteroatoms. The number of para-hydroxylation sites is 2. The second kappa shape index (κ2) is 15.0. The van der Waals surface area contributed by atoms with Crippen LogP contribution in [0.15, 0.2) is 158 Å². The molecule has 7 nitrogen and oxygen atoms in total. The molecule has 296 valence electrons. The number of benzene rings is 6. The van der Waals surface area contributed by atoms with Crippen molar-refractivity contribution in [2.45, 2.75) is 39.9 Å². The van der Waals surface area contributed by atoms with Gasteiger partial charge in [0.1, 0.15) is 0 Å².